The number of H-pyrrole nitrogens is 4. The molecule has 0 radical (unpaired) electrons. The van der Waals surface area contributed by atoms with Gasteiger partial charge in [0.1, 0.15) is 18.9 Å². The summed E-state index contributed by atoms with van der Waals surface area (Å²) in [7, 11) is 0. The van der Waals surface area contributed by atoms with E-state index in [1.165, 1.54) is 11.1 Å². The number of allylic oxidation sites excluding steroid dienone is 9. The molecule has 0 atom stereocenters. The average molecular weight is 994 g/mol. The molecule has 0 amide bonds. The quantitative estimate of drug-likeness (QED) is 0.0389. The van der Waals surface area contributed by atoms with Crippen LogP contribution in [0.25, 0.3) is 32.7 Å². The van der Waals surface area contributed by atoms with Crippen LogP contribution in [0, 0.1) is 0 Å². The second-order valence-corrected chi connectivity index (χ2v) is 18.1. The lowest BCUT2D eigenvalue weighted by atomic mass is 9.93. The largest absolute Gasteiger partial charge is 0.492 e. The molecule has 1 aliphatic rings. The van der Waals surface area contributed by atoms with E-state index in [-0.39, 0.29) is 29.7 Å². The molecule has 5 aromatic carbocycles. The van der Waals surface area contributed by atoms with Crippen LogP contribution in [0.2, 0.25) is 0 Å². The minimum absolute atomic E-state index is 0. The first kappa shape index (κ1) is 53.5. The Morgan fingerprint density at radius 3 is 1.53 bits per heavy atom. The van der Waals surface area contributed by atoms with Crippen LogP contribution < -0.4 is 36.8 Å². The van der Waals surface area contributed by atoms with Crippen molar-refractivity contribution in [3.8, 4) is 5.75 Å². The highest BCUT2D eigenvalue weighted by Crippen LogP contribution is 2.29. The molecule has 0 saturated heterocycles. The second kappa shape index (κ2) is 25.9. The van der Waals surface area contributed by atoms with Crippen LogP contribution >= 0.6 is 0 Å². The molecule has 2 aromatic heterocycles. The molecular formula is C62H69N6O6+. The standard InChI is InChI=1S/C61H64N6O6.CH4/c1-5-9-12-42-16-20-44(21-17-42)52(46-24-30-50(31-25-46)72-38-36-66(7-3)48-28-34-54-56(40-48)60(70)64-62-58(54)68)14-11-15-53(45-22-18-43(19-23-45)13-10-6-2)47-26-32-51(33-27-47)73-39-37-67(8-4)49-29-35-55-57(41-49)61(71)65-63-59(55)69;/h11,14-35,40-41H,5-10,12-13,36-39H2,1-4H3,(H3-,62,63,64,65,68,69,70,71);1H4/p+1/b14-11+,53-15+;. The minimum atomic E-state index is -0.335. The number of aryl methyl sites for hydroxylation is 2. The first-order chi connectivity index (χ1) is 35.7. The maximum atomic E-state index is 12.5. The van der Waals surface area contributed by atoms with Gasteiger partial charge in [-0.25, -0.2) is 0 Å². The number of nitrogens with zero attached hydrogens (tertiary/aromatic N) is 2. The number of hydrogen-bond donors (Lipinski definition) is 4. The van der Waals surface area contributed by atoms with Gasteiger partial charge in [-0.05, 0) is 145 Å². The minimum Gasteiger partial charge on any atom is -0.492 e. The Morgan fingerprint density at radius 1 is 0.554 bits per heavy atom. The average Bonchev–Trinajstić information content (AvgIpc) is 3.43. The van der Waals surface area contributed by atoms with E-state index in [1.54, 1.807) is 24.3 Å². The molecule has 382 valence electrons. The first-order valence-corrected chi connectivity index (χ1v) is 25.6. The number of fused-ring (bicyclic) bond motifs is 2. The SMILES string of the molecule is C.CCCCc1ccc(C(/C=C/C=C(\c2ccc(CCCC)cc2)c2ccc(OCCN(CC)c3ccc4c(=O)[nH][nH]c(=O)c4c3)cc2)=C2C=CC(=[O+]CCN(CC)c3ccc4c(=O)[nH][nH]c(=O)c4c3)C=C2)cc1. The van der Waals surface area contributed by atoms with Crippen molar-refractivity contribution in [1.29, 1.82) is 0 Å². The summed E-state index contributed by atoms with van der Waals surface area (Å²) in [6.45, 7) is 11.9. The summed E-state index contributed by atoms with van der Waals surface area (Å²) in [4.78, 5) is 53.7. The highest BCUT2D eigenvalue weighted by atomic mass is 16.5. The summed E-state index contributed by atoms with van der Waals surface area (Å²) < 4.78 is 12.6. The molecule has 12 heteroatoms. The van der Waals surface area contributed by atoms with Gasteiger partial charge in [-0.15, -0.1) is 0 Å². The fourth-order valence-electron chi connectivity index (χ4n) is 9.10. The van der Waals surface area contributed by atoms with E-state index < -0.39 is 0 Å². The second-order valence-electron chi connectivity index (χ2n) is 18.1. The molecule has 7 aromatic rings. The predicted octanol–water partition coefficient (Wildman–Crippen LogP) is 11.2. The van der Waals surface area contributed by atoms with Crippen molar-refractivity contribution >= 4 is 49.8 Å². The maximum Gasteiger partial charge on any atom is 0.343 e. The highest BCUT2D eigenvalue weighted by Gasteiger charge is 2.16. The Bertz CT molecular complexity index is 3440. The van der Waals surface area contributed by atoms with Crippen molar-refractivity contribution in [3.63, 3.8) is 0 Å². The number of hydrogen-bond acceptors (Lipinski definition) is 7. The van der Waals surface area contributed by atoms with Crippen LogP contribution in [-0.2, 0) is 17.3 Å². The fourth-order valence-corrected chi connectivity index (χ4v) is 9.10. The lowest BCUT2D eigenvalue weighted by molar-refractivity contribution is -0.452. The topological polar surface area (TPSA) is 158 Å². The molecule has 0 fully saturated rings. The van der Waals surface area contributed by atoms with Crippen molar-refractivity contribution in [3.05, 3.63) is 227 Å². The fraction of sp³-hybridized carbons (Fsp3) is 0.274. The summed E-state index contributed by atoms with van der Waals surface area (Å²) in [6, 6.07) is 36.7. The number of benzene rings is 5. The molecule has 0 unspecified atom stereocenters. The van der Waals surface area contributed by atoms with E-state index >= 15 is 0 Å². The monoisotopic (exact) mass is 994 g/mol. The van der Waals surface area contributed by atoms with Crippen LogP contribution in [0.5, 0.6) is 5.75 Å². The number of anilines is 2. The Kier molecular flexibility index (Phi) is 18.8. The van der Waals surface area contributed by atoms with Crippen molar-refractivity contribution in [2.45, 2.75) is 73.6 Å². The zero-order valence-electron chi connectivity index (χ0n) is 42.3. The van der Waals surface area contributed by atoms with E-state index in [1.807, 2.05) is 50.3 Å². The number of ketones is 1. The van der Waals surface area contributed by atoms with E-state index in [0.717, 1.165) is 94.8 Å². The Balaban J connectivity index is 0.00000800. The highest BCUT2D eigenvalue weighted by molar-refractivity contribution is 6.03. The summed E-state index contributed by atoms with van der Waals surface area (Å²) in [5, 5.41) is 11.0. The molecule has 0 spiro atoms. The maximum absolute atomic E-state index is 12.5. The van der Waals surface area contributed by atoms with E-state index in [9.17, 15) is 19.2 Å². The number of unbranched alkanes of at least 4 members (excludes halogenated alkanes) is 2. The van der Waals surface area contributed by atoms with Gasteiger partial charge >= 0.3 is 5.78 Å². The van der Waals surface area contributed by atoms with Gasteiger partial charge < -0.3 is 14.5 Å². The molecule has 12 nitrogen and oxygen atoms in total. The zero-order chi connectivity index (χ0) is 51.1. The van der Waals surface area contributed by atoms with E-state index in [2.05, 4.69) is 135 Å². The third-order valence-electron chi connectivity index (χ3n) is 13.3. The molecule has 2 heterocycles. The lowest BCUT2D eigenvalue weighted by Gasteiger charge is -2.23. The molecule has 74 heavy (non-hydrogen) atoms. The van der Waals surface area contributed by atoms with Crippen LogP contribution in [0.15, 0.2) is 176 Å². The van der Waals surface area contributed by atoms with Gasteiger partial charge in [-0.1, -0.05) is 113 Å². The number of rotatable bonds is 22. The van der Waals surface area contributed by atoms with Crippen LogP contribution in [0.3, 0.4) is 0 Å². The third-order valence-corrected chi connectivity index (χ3v) is 13.3. The third kappa shape index (κ3) is 13.2. The first-order valence-electron chi connectivity index (χ1n) is 25.6. The molecule has 4 N–H and O–H groups in total. The van der Waals surface area contributed by atoms with Gasteiger partial charge in [0.05, 0.1) is 28.1 Å². The van der Waals surface area contributed by atoms with Crippen molar-refractivity contribution in [2.75, 3.05) is 49.2 Å². The van der Waals surface area contributed by atoms with Gasteiger partial charge in [0.15, 0.2) is 0 Å². The molecule has 8 rings (SSSR count). The summed E-state index contributed by atoms with van der Waals surface area (Å²) in [5.74, 6) is 1.50. The van der Waals surface area contributed by atoms with Gasteiger partial charge in [-0.2, -0.15) is 0 Å². The van der Waals surface area contributed by atoms with Crippen molar-refractivity contribution < 1.29 is 9.16 Å². The van der Waals surface area contributed by atoms with Crippen LogP contribution in [-0.4, -0.2) is 65.6 Å². The molecule has 0 saturated carbocycles. The van der Waals surface area contributed by atoms with Gasteiger partial charge in [0, 0.05) is 36.6 Å². The van der Waals surface area contributed by atoms with Gasteiger partial charge in [0.25, 0.3) is 28.8 Å². The van der Waals surface area contributed by atoms with Crippen LogP contribution in [0.4, 0.5) is 11.4 Å². The number of carbonyl (C=O) groups excluding carboxylic acids is 1. The zero-order valence-corrected chi connectivity index (χ0v) is 42.3. The van der Waals surface area contributed by atoms with Gasteiger partial charge in [-0.3, -0.25) is 44.0 Å². The van der Waals surface area contributed by atoms with Crippen LogP contribution in [0.1, 0.15) is 88.6 Å². The van der Waals surface area contributed by atoms with E-state index in [0.29, 0.717) is 60.9 Å². The summed E-state index contributed by atoms with van der Waals surface area (Å²) >= 11 is 0. The normalized spacial score (nSPS) is 12.4. The molecule has 0 aliphatic heterocycles. The number of likely N-dealkylation sites (N-methyl/N-ethyl adjacent to an activating group) is 2. The molecular weight excluding hydrogens is 925 g/mol. The number of aromatic nitrogens is 4. The lowest BCUT2D eigenvalue weighted by Crippen LogP contribution is -2.28. The molecule has 0 bridgehead atoms. The number of aromatic amines is 4. The van der Waals surface area contributed by atoms with E-state index in [4.69, 9.17) is 9.16 Å². The predicted molar refractivity (Wildman–Crippen MR) is 306 cm³/mol. The Morgan fingerprint density at radius 2 is 1.03 bits per heavy atom. The van der Waals surface area contributed by atoms with Gasteiger partial charge in [0.2, 0.25) is 0 Å². The Hall–Kier alpha value is -8.25. The summed E-state index contributed by atoms with van der Waals surface area (Å²) in [5.41, 5.74) is 9.50. The Labute approximate surface area is 432 Å². The summed E-state index contributed by atoms with van der Waals surface area (Å²) in [6.07, 6.45) is 21.4. The molecule has 1 aliphatic carbocycles. The number of nitrogens with one attached hydrogen (secondary N) is 4. The van der Waals surface area contributed by atoms with Crippen molar-refractivity contribution in [1.82, 2.24) is 20.4 Å². The van der Waals surface area contributed by atoms with Crippen molar-refractivity contribution in [2.24, 2.45) is 0 Å². The number of ether oxygens (including phenoxy) is 1. The smallest absolute Gasteiger partial charge is 0.343 e.